The first-order valence-corrected chi connectivity index (χ1v) is 9.27. The summed E-state index contributed by atoms with van der Waals surface area (Å²) in [5.41, 5.74) is 1.97. The Bertz CT molecular complexity index is 835. The standard InChI is InChI=1S/C20H20N2O2S/c1-20(2)17-18(23)21(13-12-14-8-4-3-5-9-14)19(24)22(17)15-10-6-7-11-16(15)25-20/h3-11,17H,12-13H2,1-2H3. The fourth-order valence-corrected chi connectivity index (χ4v) is 4.92. The van der Waals surface area contributed by atoms with Crippen molar-refractivity contribution in [3.05, 3.63) is 60.2 Å². The van der Waals surface area contributed by atoms with E-state index in [2.05, 4.69) is 0 Å². The number of rotatable bonds is 3. The second-order valence-electron chi connectivity index (χ2n) is 6.95. The van der Waals surface area contributed by atoms with Gasteiger partial charge >= 0.3 is 6.03 Å². The average molecular weight is 352 g/mol. The molecule has 2 aromatic carbocycles. The van der Waals surface area contributed by atoms with E-state index < -0.39 is 6.04 Å². The highest BCUT2D eigenvalue weighted by Crippen LogP contribution is 2.50. The van der Waals surface area contributed by atoms with Gasteiger partial charge in [-0.1, -0.05) is 42.5 Å². The van der Waals surface area contributed by atoms with Crippen molar-refractivity contribution in [1.82, 2.24) is 4.90 Å². The van der Waals surface area contributed by atoms with Crippen molar-refractivity contribution in [3.63, 3.8) is 0 Å². The van der Waals surface area contributed by atoms with Crippen LogP contribution < -0.4 is 4.90 Å². The molecule has 2 heterocycles. The van der Waals surface area contributed by atoms with Crippen molar-refractivity contribution in [3.8, 4) is 0 Å². The number of thioether (sulfide) groups is 1. The van der Waals surface area contributed by atoms with E-state index in [9.17, 15) is 9.59 Å². The molecule has 0 saturated carbocycles. The zero-order valence-electron chi connectivity index (χ0n) is 14.3. The molecule has 1 saturated heterocycles. The summed E-state index contributed by atoms with van der Waals surface area (Å²) in [6.45, 7) is 4.49. The number of carbonyl (C=O) groups excluding carboxylic acids is 2. The van der Waals surface area contributed by atoms with Gasteiger partial charge in [0.15, 0.2) is 0 Å². The lowest BCUT2D eigenvalue weighted by molar-refractivity contribution is -0.127. The minimum atomic E-state index is -0.448. The van der Waals surface area contributed by atoms with Gasteiger partial charge in [-0.15, -0.1) is 11.8 Å². The number of hydrogen-bond donors (Lipinski definition) is 0. The summed E-state index contributed by atoms with van der Waals surface area (Å²) in [6.07, 6.45) is 0.675. The smallest absolute Gasteiger partial charge is 0.279 e. The van der Waals surface area contributed by atoms with Gasteiger partial charge in [0, 0.05) is 16.2 Å². The SMILES string of the molecule is CC1(C)Sc2ccccc2N2C(=O)N(CCc3ccccc3)C(=O)C21. The highest BCUT2D eigenvalue weighted by molar-refractivity contribution is 8.01. The minimum Gasteiger partial charge on any atom is -0.279 e. The molecule has 2 aliphatic heterocycles. The van der Waals surface area contributed by atoms with Crippen LogP contribution in [0.15, 0.2) is 59.5 Å². The Morgan fingerprint density at radius 1 is 1.00 bits per heavy atom. The van der Waals surface area contributed by atoms with Gasteiger partial charge in [0.2, 0.25) is 0 Å². The number of imide groups is 1. The van der Waals surface area contributed by atoms with Gasteiger partial charge in [0.1, 0.15) is 6.04 Å². The van der Waals surface area contributed by atoms with Crippen LogP contribution >= 0.6 is 11.8 Å². The second kappa shape index (κ2) is 5.92. The molecule has 0 spiro atoms. The Kier molecular flexibility index (Phi) is 3.84. The third kappa shape index (κ3) is 2.63. The lowest BCUT2D eigenvalue weighted by atomic mass is 10.0. The van der Waals surface area contributed by atoms with Gasteiger partial charge in [-0.3, -0.25) is 14.6 Å². The van der Waals surface area contributed by atoms with Crippen molar-refractivity contribution in [2.75, 3.05) is 11.4 Å². The van der Waals surface area contributed by atoms with Crippen LogP contribution in [0, 0.1) is 0 Å². The van der Waals surface area contributed by atoms with Crippen LogP contribution in [0.5, 0.6) is 0 Å². The van der Waals surface area contributed by atoms with E-state index >= 15 is 0 Å². The maximum atomic E-state index is 13.0. The summed E-state index contributed by atoms with van der Waals surface area (Å²) in [6, 6.07) is 17.1. The highest BCUT2D eigenvalue weighted by atomic mass is 32.2. The Morgan fingerprint density at radius 3 is 2.44 bits per heavy atom. The number of fused-ring (bicyclic) bond motifs is 3. The van der Waals surface area contributed by atoms with Gasteiger partial charge in [-0.05, 0) is 38.0 Å². The number of nitrogens with zero attached hydrogens (tertiary/aromatic N) is 2. The van der Waals surface area contributed by atoms with Crippen LogP contribution in [0.25, 0.3) is 0 Å². The van der Waals surface area contributed by atoms with Gasteiger partial charge in [0.25, 0.3) is 5.91 Å². The molecule has 4 nitrogen and oxygen atoms in total. The molecule has 3 amide bonds. The molecule has 25 heavy (non-hydrogen) atoms. The van der Waals surface area contributed by atoms with E-state index in [1.807, 2.05) is 68.4 Å². The number of hydrogen-bond acceptors (Lipinski definition) is 3. The average Bonchev–Trinajstić information content (AvgIpc) is 2.86. The van der Waals surface area contributed by atoms with Gasteiger partial charge < -0.3 is 0 Å². The zero-order valence-corrected chi connectivity index (χ0v) is 15.1. The van der Waals surface area contributed by atoms with Gasteiger partial charge in [0.05, 0.1) is 5.69 Å². The molecule has 0 bridgehead atoms. The van der Waals surface area contributed by atoms with Crippen molar-refractivity contribution >= 4 is 29.4 Å². The largest absolute Gasteiger partial charge is 0.332 e. The third-order valence-corrected chi connectivity index (χ3v) is 6.13. The molecule has 5 heteroatoms. The molecule has 2 aliphatic rings. The van der Waals surface area contributed by atoms with Crippen LogP contribution in [0.4, 0.5) is 10.5 Å². The van der Waals surface area contributed by atoms with Crippen molar-refractivity contribution in [2.45, 2.75) is 36.0 Å². The number of carbonyl (C=O) groups is 2. The molecule has 2 aromatic rings. The Hall–Kier alpha value is -2.27. The van der Waals surface area contributed by atoms with E-state index in [1.165, 1.54) is 4.90 Å². The Labute approximate surface area is 151 Å². The van der Waals surface area contributed by atoms with E-state index in [1.54, 1.807) is 16.7 Å². The molecule has 0 N–H and O–H groups in total. The topological polar surface area (TPSA) is 40.6 Å². The monoisotopic (exact) mass is 352 g/mol. The third-order valence-electron chi connectivity index (χ3n) is 4.82. The molecular formula is C20H20N2O2S. The quantitative estimate of drug-likeness (QED) is 0.786. The summed E-state index contributed by atoms with van der Waals surface area (Å²) >= 11 is 1.67. The minimum absolute atomic E-state index is 0.0899. The lowest BCUT2D eigenvalue weighted by Crippen LogP contribution is -2.51. The van der Waals surface area contributed by atoms with Gasteiger partial charge in [-0.25, -0.2) is 4.79 Å². The van der Waals surface area contributed by atoms with Crippen LogP contribution in [0.1, 0.15) is 19.4 Å². The molecule has 0 aromatic heterocycles. The van der Waals surface area contributed by atoms with E-state index in [0.29, 0.717) is 13.0 Å². The zero-order chi connectivity index (χ0) is 17.6. The number of anilines is 1. The summed E-state index contributed by atoms with van der Waals surface area (Å²) in [4.78, 5) is 30.3. The summed E-state index contributed by atoms with van der Waals surface area (Å²) in [7, 11) is 0. The van der Waals surface area contributed by atoms with Crippen molar-refractivity contribution < 1.29 is 9.59 Å². The molecule has 128 valence electrons. The lowest BCUT2D eigenvalue weighted by Gasteiger charge is -2.40. The van der Waals surface area contributed by atoms with Crippen molar-refractivity contribution in [2.24, 2.45) is 0 Å². The normalized spacial score (nSPS) is 21.3. The molecule has 0 radical (unpaired) electrons. The van der Waals surface area contributed by atoms with Crippen LogP contribution in [0.2, 0.25) is 0 Å². The molecule has 1 unspecified atom stereocenters. The highest BCUT2D eigenvalue weighted by Gasteiger charge is 2.55. The van der Waals surface area contributed by atoms with E-state index in [0.717, 1.165) is 16.1 Å². The summed E-state index contributed by atoms with van der Waals surface area (Å²) in [5, 5.41) is 0. The first-order chi connectivity index (χ1) is 12.0. The molecule has 1 atom stereocenters. The Balaban J connectivity index is 1.65. The predicted octanol–water partition coefficient (Wildman–Crippen LogP) is 3.95. The maximum absolute atomic E-state index is 13.0. The first kappa shape index (κ1) is 16.2. The van der Waals surface area contributed by atoms with Crippen LogP contribution in [-0.2, 0) is 11.2 Å². The van der Waals surface area contributed by atoms with E-state index in [-0.39, 0.29) is 16.7 Å². The fraction of sp³-hybridized carbons (Fsp3) is 0.300. The second-order valence-corrected chi connectivity index (χ2v) is 8.65. The molecule has 1 fully saturated rings. The number of amides is 3. The van der Waals surface area contributed by atoms with Gasteiger partial charge in [-0.2, -0.15) is 0 Å². The van der Waals surface area contributed by atoms with Crippen LogP contribution in [0.3, 0.4) is 0 Å². The molecule has 0 aliphatic carbocycles. The maximum Gasteiger partial charge on any atom is 0.332 e. The van der Waals surface area contributed by atoms with E-state index in [4.69, 9.17) is 0 Å². The number of benzene rings is 2. The Morgan fingerprint density at radius 2 is 1.68 bits per heavy atom. The first-order valence-electron chi connectivity index (χ1n) is 8.45. The summed E-state index contributed by atoms with van der Waals surface area (Å²) < 4.78 is -0.359. The number of urea groups is 1. The fourth-order valence-electron chi connectivity index (χ4n) is 3.62. The number of para-hydroxylation sites is 1. The van der Waals surface area contributed by atoms with Crippen LogP contribution in [-0.4, -0.2) is 34.2 Å². The molecule has 4 rings (SSSR count). The summed E-state index contributed by atoms with van der Waals surface area (Å²) in [5.74, 6) is -0.0899. The molecular weight excluding hydrogens is 332 g/mol. The van der Waals surface area contributed by atoms with Crippen molar-refractivity contribution in [1.29, 1.82) is 0 Å². The predicted molar refractivity (Wildman–Crippen MR) is 99.9 cm³/mol.